The predicted molar refractivity (Wildman–Crippen MR) is 121 cm³/mol. The van der Waals surface area contributed by atoms with Crippen molar-refractivity contribution in [1.29, 1.82) is 0 Å². The molecule has 2 aromatic rings. The molecule has 1 unspecified atom stereocenters. The second kappa shape index (κ2) is 8.75. The van der Waals surface area contributed by atoms with Gasteiger partial charge in [0.2, 0.25) is 11.9 Å². The number of carbonyl (C=O) groups is 1. The monoisotopic (exact) mass is 468 g/mol. The first kappa shape index (κ1) is 21.4. The number of aryl methyl sites for hydroxylation is 1. The molecule has 0 bridgehead atoms. The molecule has 0 aliphatic carbocycles. The van der Waals surface area contributed by atoms with E-state index in [1.807, 2.05) is 23.8 Å². The molecule has 1 aromatic heterocycles. The first-order valence-electron chi connectivity index (χ1n) is 9.84. The Kier molecular flexibility index (Phi) is 6.25. The topological polar surface area (TPSA) is 73.4 Å². The fourth-order valence-electron chi connectivity index (χ4n) is 3.67. The van der Waals surface area contributed by atoms with Crippen LogP contribution in [0.4, 0.5) is 17.5 Å². The average Bonchev–Trinajstić information content (AvgIpc) is 3.20. The minimum absolute atomic E-state index is 0.0574. The molecule has 160 valence electrons. The number of nitrogens with zero attached hydrogens (tertiary/aromatic N) is 4. The van der Waals surface area contributed by atoms with E-state index in [2.05, 4.69) is 20.6 Å². The van der Waals surface area contributed by atoms with Crippen molar-refractivity contribution >= 4 is 58.2 Å². The first-order chi connectivity index (χ1) is 14.3. The van der Waals surface area contributed by atoms with Crippen LogP contribution in [-0.4, -0.2) is 59.5 Å². The van der Waals surface area contributed by atoms with Crippen molar-refractivity contribution in [3.8, 4) is 0 Å². The van der Waals surface area contributed by atoms with Crippen molar-refractivity contribution in [2.45, 2.75) is 31.8 Å². The smallest absolute Gasteiger partial charge is 0.239 e. The lowest BCUT2D eigenvalue weighted by Gasteiger charge is -2.44. The molecule has 0 radical (unpaired) electrons. The van der Waals surface area contributed by atoms with E-state index in [0.29, 0.717) is 51.3 Å². The van der Waals surface area contributed by atoms with E-state index in [0.717, 1.165) is 19.4 Å². The number of hydrogen-bond donors (Lipinski definition) is 2. The number of aromatic nitrogens is 2. The fourth-order valence-corrected chi connectivity index (χ4v) is 4.26. The molecule has 4 rings (SSSR count). The van der Waals surface area contributed by atoms with Crippen LogP contribution in [0, 0.1) is 6.92 Å². The summed E-state index contributed by atoms with van der Waals surface area (Å²) < 4.78 is 0. The molecule has 30 heavy (non-hydrogen) atoms. The second-order valence-corrected chi connectivity index (χ2v) is 8.90. The minimum Gasteiger partial charge on any atom is -0.338 e. The first-order valence-corrected chi connectivity index (χ1v) is 11.0. The minimum atomic E-state index is -0.0574. The van der Waals surface area contributed by atoms with Crippen molar-refractivity contribution in [2.75, 3.05) is 36.9 Å². The summed E-state index contributed by atoms with van der Waals surface area (Å²) in [5.41, 5.74) is 1.32. The zero-order chi connectivity index (χ0) is 21.4. The van der Waals surface area contributed by atoms with Gasteiger partial charge in [-0.25, -0.2) is 4.98 Å². The van der Waals surface area contributed by atoms with Gasteiger partial charge in [-0.05, 0) is 44.5 Å². The van der Waals surface area contributed by atoms with Gasteiger partial charge in [0.15, 0.2) is 5.82 Å². The van der Waals surface area contributed by atoms with Gasteiger partial charge >= 0.3 is 0 Å². The Hall–Kier alpha value is -1.80. The number of hydrogen-bond acceptors (Lipinski definition) is 6. The number of rotatable bonds is 5. The van der Waals surface area contributed by atoms with Crippen LogP contribution in [0.2, 0.25) is 15.1 Å². The molecule has 3 heterocycles. The van der Waals surface area contributed by atoms with Gasteiger partial charge in [-0.15, -0.1) is 0 Å². The summed E-state index contributed by atoms with van der Waals surface area (Å²) in [6.45, 7) is 4.10. The van der Waals surface area contributed by atoms with Crippen LogP contribution in [0.3, 0.4) is 0 Å². The Bertz CT molecular complexity index is 960. The molecule has 2 N–H and O–H groups in total. The average molecular weight is 470 g/mol. The van der Waals surface area contributed by atoms with E-state index >= 15 is 0 Å². The van der Waals surface area contributed by atoms with Gasteiger partial charge in [0.05, 0.1) is 28.5 Å². The maximum atomic E-state index is 12.6. The number of amides is 1. The molecule has 1 atom stereocenters. The molecule has 0 saturated carbocycles. The van der Waals surface area contributed by atoms with Gasteiger partial charge in [-0.3, -0.25) is 4.79 Å². The van der Waals surface area contributed by atoms with Crippen LogP contribution in [0.25, 0.3) is 0 Å². The van der Waals surface area contributed by atoms with Crippen molar-refractivity contribution in [1.82, 2.24) is 20.2 Å². The Morgan fingerprint density at radius 1 is 1.27 bits per heavy atom. The van der Waals surface area contributed by atoms with Crippen molar-refractivity contribution in [3.63, 3.8) is 0 Å². The standard InChI is InChI=1S/C20H23Cl3N6O/c1-11-17(23)18(26-15-6-5-12(21)8-14(15)22)27-20(25-11)29-9-13(10-29)28(2)19(30)16-4-3-7-24-16/h5-6,8,13,16,24H,3-4,7,9-10H2,1-2H3,(H,25,26,27). The van der Waals surface area contributed by atoms with Crippen molar-refractivity contribution < 1.29 is 4.79 Å². The summed E-state index contributed by atoms with van der Waals surface area (Å²) in [7, 11) is 1.87. The zero-order valence-corrected chi connectivity index (χ0v) is 19.0. The van der Waals surface area contributed by atoms with Gasteiger partial charge in [-0.1, -0.05) is 34.8 Å². The lowest BCUT2D eigenvalue weighted by molar-refractivity contribution is -0.134. The fraction of sp³-hybridized carbons (Fsp3) is 0.450. The molecule has 1 amide bonds. The van der Waals surface area contributed by atoms with E-state index in [1.54, 1.807) is 18.2 Å². The highest BCUT2D eigenvalue weighted by molar-refractivity contribution is 6.37. The zero-order valence-electron chi connectivity index (χ0n) is 16.8. The van der Waals surface area contributed by atoms with E-state index in [4.69, 9.17) is 34.8 Å². The van der Waals surface area contributed by atoms with Gasteiger partial charge in [-0.2, -0.15) is 4.98 Å². The van der Waals surface area contributed by atoms with Crippen LogP contribution in [0.5, 0.6) is 0 Å². The Labute approximate surface area is 190 Å². The predicted octanol–water partition coefficient (Wildman–Crippen LogP) is 3.89. The SMILES string of the molecule is Cc1nc(N2CC(N(C)C(=O)C3CCCN3)C2)nc(Nc2ccc(Cl)cc2Cl)c1Cl. The van der Waals surface area contributed by atoms with Gasteiger partial charge in [0, 0.05) is 25.2 Å². The lowest BCUT2D eigenvalue weighted by Crippen LogP contribution is -2.62. The van der Waals surface area contributed by atoms with E-state index < -0.39 is 0 Å². The highest BCUT2D eigenvalue weighted by Crippen LogP contribution is 2.33. The Morgan fingerprint density at radius 3 is 2.70 bits per heavy atom. The largest absolute Gasteiger partial charge is 0.338 e. The number of likely N-dealkylation sites (N-methyl/N-ethyl adjacent to an activating group) is 1. The lowest BCUT2D eigenvalue weighted by atomic mass is 10.1. The normalized spacial score (nSPS) is 19.0. The molecule has 1 aromatic carbocycles. The van der Waals surface area contributed by atoms with Crippen molar-refractivity contribution in [2.24, 2.45) is 0 Å². The van der Waals surface area contributed by atoms with E-state index in [9.17, 15) is 4.79 Å². The van der Waals surface area contributed by atoms with Crippen LogP contribution in [0.1, 0.15) is 18.5 Å². The van der Waals surface area contributed by atoms with Gasteiger partial charge in [0.25, 0.3) is 0 Å². The summed E-state index contributed by atoms with van der Waals surface area (Å²) in [6.07, 6.45) is 1.95. The molecule has 2 aliphatic rings. The number of halogens is 3. The van der Waals surface area contributed by atoms with Gasteiger partial charge < -0.3 is 20.4 Å². The maximum absolute atomic E-state index is 12.6. The molecule has 10 heteroatoms. The highest BCUT2D eigenvalue weighted by atomic mass is 35.5. The quantitative estimate of drug-likeness (QED) is 0.692. The number of carbonyl (C=O) groups excluding carboxylic acids is 1. The molecule has 2 aliphatic heterocycles. The summed E-state index contributed by atoms with van der Waals surface area (Å²) >= 11 is 18.7. The summed E-state index contributed by atoms with van der Waals surface area (Å²) in [6, 6.07) is 5.25. The van der Waals surface area contributed by atoms with Crippen LogP contribution in [-0.2, 0) is 4.79 Å². The Morgan fingerprint density at radius 2 is 2.03 bits per heavy atom. The third-order valence-electron chi connectivity index (χ3n) is 5.59. The van der Waals surface area contributed by atoms with Gasteiger partial charge in [0.1, 0.15) is 5.02 Å². The summed E-state index contributed by atoms with van der Waals surface area (Å²) in [5, 5.41) is 7.89. The molecule has 0 spiro atoms. The molecular formula is C20H23Cl3N6O. The van der Waals surface area contributed by atoms with Crippen LogP contribution in [0.15, 0.2) is 18.2 Å². The third-order valence-corrected chi connectivity index (χ3v) is 6.59. The second-order valence-electron chi connectivity index (χ2n) is 7.68. The van der Waals surface area contributed by atoms with E-state index in [-0.39, 0.29) is 18.0 Å². The third kappa shape index (κ3) is 4.30. The van der Waals surface area contributed by atoms with Crippen LogP contribution < -0.4 is 15.5 Å². The number of nitrogens with one attached hydrogen (secondary N) is 2. The molecular weight excluding hydrogens is 447 g/mol. The van der Waals surface area contributed by atoms with E-state index in [1.165, 1.54) is 0 Å². The molecule has 2 fully saturated rings. The number of benzene rings is 1. The van der Waals surface area contributed by atoms with Crippen molar-refractivity contribution in [3.05, 3.63) is 39.0 Å². The molecule has 2 saturated heterocycles. The van der Waals surface area contributed by atoms with Crippen LogP contribution >= 0.6 is 34.8 Å². The Balaban J connectivity index is 1.46. The highest BCUT2D eigenvalue weighted by Gasteiger charge is 2.37. The number of anilines is 3. The molecule has 7 nitrogen and oxygen atoms in total. The summed E-state index contributed by atoms with van der Waals surface area (Å²) in [5.74, 6) is 1.21. The summed E-state index contributed by atoms with van der Waals surface area (Å²) in [4.78, 5) is 25.6. The maximum Gasteiger partial charge on any atom is 0.239 e.